The first-order valence-corrected chi connectivity index (χ1v) is 13.8. The van der Waals surface area contributed by atoms with Crippen LogP contribution in [0.3, 0.4) is 0 Å². The minimum absolute atomic E-state index is 0.209. The molecule has 1 saturated heterocycles. The van der Waals surface area contributed by atoms with E-state index in [4.69, 9.17) is 21.1 Å². The van der Waals surface area contributed by atoms with Crippen LogP contribution in [-0.4, -0.2) is 47.1 Å². The van der Waals surface area contributed by atoms with Crippen LogP contribution >= 0.6 is 11.6 Å². The molecule has 212 valence electrons. The summed E-state index contributed by atoms with van der Waals surface area (Å²) in [5.74, 6) is 0.667. The van der Waals surface area contributed by atoms with Crippen LogP contribution in [0.1, 0.15) is 15.9 Å². The van der Waals surface area contributed by atoms with Crippen molar-refractivity contribution in [2.75, 3.05) is 36.9 Å². The zero-order chi connectivity index (χ0) is 28.9. The van der Waals surface area contributed by atoms with Crippen molar-refractivity contribution in [1.29, 1.82) is 0 Å². The number of carbonyl (C=O) groups is 1. The lowest BCUT2D eigenvalue weighted by atomic mass is 10.1. The van der Waals surface area contributed by atoms with Gasteiger partial charge in [-0.3, -0.25) is 9.69 Å². The normalized spacial score (nSPS) is 13.6. The number of anilines is 3. The molecule has 0 radical (unpaired) electrons. The molecule has 2 N–H and O–H groups in total. The second kappa shape index (κ2) is 12.5. The first-order valence-electron chi connectivity index (χ1n) is 13.5. The molecule has 4 aromatic carbocycles. The number of fused-ring (bicyclic) bond motifs is 1. The Hall–Kier alpha value is -4.57. The van der Waals surface area contributed by atoms with Crippen LogP contribution in [-0.2, 0) is 11.3 Å². The number of benzene rings is 4. The fourth-order valence-corrected chi connectivity index (χ4v) is 4.89. The molecule has 1 aliphatic rings. The summed E-state index contributed by atoms with van der Waals surface area (Å²) in [5, 5.41) is 7.29. The molecule has 0 atom stereocenters. The van der Waals surface area contributed by atoms with E-state index in [1.54, 1.807) is 36.4 Å². The molecule has 42 heavy (non-hydrogen) atoms. The largest absolute Gasteiger partial charge is 0.456 e. The van der Waals surface area contributed by atoms with Crippen LogP contribution in [0.15, 0.2) is 91.3 Å². The highest BCUT2D eigenvalue weighted by atomic mass is 35.5. The van der Waals surface area contributed by atoms with E-state index in [0.29, 0.717) is 50.2 Å². The third kappa shape index (κ3) is 6.66. The van der Waals surface area contributed by atoms with Gasteiger partial charge in [-0.1, -0.05) is 29.8 Å². The van der Waals surface area contributed by atoms with Crippen molar-refractivity contribution in [3.05, 3.63) is 113 Å². The number of halogens is 2. The van der Waals surface area contributed by atoms with Gasteiger partial charge >= 0.3 is 0 Å². The summed E-state index contributed by atoms with van der Waals surface area (Å²) in [4.78, 5) is 24.1. The van der Waals surface area contributed by atoms with Gasteiger partial charge in [0.15, 0.2) is 0 Å². The predicted octanol–water partition coefficient (Wildman–Crippen LogP) is 7.04. The van der Waals surface area contributed by atoms with Crippen molar-refractivity contribution >= 4 is 45.6 Å². The maximum atomic E-state index is 13.5. The van der Waals surface area contributed by atoms with E-state index in [1.165, 1.54) is 18.5 Å². The fourth-order valence-electron chi connectivity index (χ4n) is 4.67. The number of morpholine rings is 1. The summed E-state index contributed by atoms with van der Waals surface area (Å²) < 4.78 is 24.6. The zero-order valence-electron chi connectivity index (χ0n) is 22.5. The van der Waals surface area contributed by atoms with Crippen LogP contribution < -0.4 is 15.4 Å². The van der Waals surface area contributed by atoms with Gasteiger partial charge in [0.2, 0.25) is 0 Å². The Morgan fingerprint density at radius 1 is 0.952 bits per heavy atom. The average Bonchev–Trinajstić information content (AvgIpc) is 3.00. The van der Waals surface area contributed by atoms with E-state index in [2.05, 4.69) is 25.5 Å². The van der Waals surface area contributed by atoms with Crippen LogP contribution in [0.2, 0.25) is 5.02 Å². The van der Waals surface area contributed by atoms with E-state index in [9.17, 15) is 9.18 Å². The van der Waals surface area contributed by atoms with Crippen molar-refractivity contribution in [3.8, 4) is 11.5 Å². The molecule has 0 aliphatic carbocycles. The lowest BCUT2D eigenvalue weighted by Crippen LogP contribution is -2.35. The SMILES string of the molecule is O=C(Nc1ccc2ncnc(Nc3ccc(Oc4cccc(F)c4)c(Cl)c3)c2c1)c1ccc(CN2CCOCC2)cc1. The number of aromatic nitrogens is 2. The van der Waals surface area contributed by atoms with Gasteiger partial charge in [0, 0.05) is 48.0 Å². The summed E-state index contributed by atoms with van der Waals surface area (Å²) in [7, 11) is 0. The monoisotopic (exact) mass is 583 g/mol. The number of nitrogens with zero attached hydrogens (tertiary/aromatic N) is 3. The lowest BCUT2D eigenvalue weighted by Gasteiger charge is -2.26. The summed E-state index contributed by atoms with van der Waals surface area (Å²) in [6.07, 6.45) is 1.46. The molecule has 8 nitrogen and oxygen atoms in total. The van der Waals surface area contributed by atoms with Crippen molar-refractivity contribution < 1.29 is 18.7 Å². The van der Waals surface area contributed by atoms with Gasteiger partial charge in [0.25, 0.3) is 5.91 Å². The molecular formula is C32H27ClFN5O3. The Morgan fingerprint density at radius 3 is 2.55 bits per heavy atom. The molecule has 0 spiro atoms. The lowest BCUT2D eigenvalue weighted by molar-refractivity contribution is 0.0342. The van der Waals surface area contributed by atoms with Gasteiger partial charge < -0.3 is 20.1 Å². The Kier molecular flexibility index (Phi) is 8.23. The van der Waals surface area contributed by atoms with E-state index >= 15 is 0 Å². The molecule has 0 unspecified atom stereocenters. The average molecular weight is 584 g/mol. The summed E-state index contributed by atoms with van der Waals surface area (Å²) >= 11 is 6.46. The highest BCUT2D eigenvalue weighted by Crippen LogP contribution is 2.34. The van der Waals surface area contributed by atoms with Crippen LogP contribution in [0, 0.1) is 5.82 Å². The van der Waals surface area contributed by atoms with E-state index in [-0.39, 0.29) is 5.91 Å². The second-order valence-corrected chi connectivity index (χ2v) is 10.2. The second-order valence-electron chi connectivity index (χ2n) is 9.82. The van der Waals surface area contributed by atoms with E-state index in [0.717, 1.165) is 38.4 Å². The van der Waals surface area contributed by atoms with E-state index < -0.39 is 5.82 Å². The Bertz CT molecular complexity index is 1730. The fraction of sp³-hybridized carbons (Fsp3) is 0.156. The minimum Gasteiger partial charge on any atom is -0.456 e. The van der Waals surface area contributed by atoms with Crippen molar-refractivity contribution in [2.45, 2.75) is 6.54 Å². The molecule has 1 aliphatic heterocycles. The van der Waals surface area contributed by atoms with Crippen molar-refractivity contribution in [3.63, 3.8) is 0 Å². The molecule has 0 bridgehead atoms. The molecule has 1 fully saturated rings. The number of ether oxygens (including phenoxy) is 2. The maximum Gasteiger partial charge on any atom is 0.255 e. The number of rotatable bonds is 8. The summed E-state index contributed by atoms with van der Waals surface area (Å²) in [6, 6.07) is 24.1. The molecular weight excluding hydrogens is 557 g/mol. The first-order chi connectivity index (χ1) is 20.5. The first kappa shape index (κ1) is 27.6. The Balaban J connectivity index is 1.15. The number of nitrogens with one attached hydrogen (secondary N) is 2. The number of hydrogen-bond acceptors (Lipinski definition) is 7. The zero-order valence-corrected chi connectivity index (χ0v) is 23.3. The maximum absolute atomic E-state index is 13.5. The highest BCUT2D eigenvalue weighted by Gasteiger charge is 2.13. The van der Waals surface area contributed by atoms with Crippen LogP contribution in [0.4, 0.5) is 21.6 Å². The van der Waals surface area contributed by atoms with Gasteiger partial charge in [-0.2, -0.15) is 0 Å². The molecule has 0 saturated carbocycles. The number of hydrogen-bond donors (Lipinski definition) is 2. The Labute approximate surface area is 247 Å². The van der Waals surface area contributed by atoms with Crippen molar-refractivity contribution in [2.24, 2.45) is 0 Å². The van der Waals surface area contributed by atoms with Gasteiger partial charge in [-0.05, 0) is 66.2 Å². The smallest absolute Gasteiger partial charge is 0.255 e. The summed E-state index contributed by atoms with van der Waals surface area (Å²) in [6.45, 7) is 4.16. The minimum atomic E-state index is -0.398. The predicted molar refractivity (Wildman–Crippen MR) is 161 cm³/mol. The van der Waals surface area contributed by atoms with Gasteiger partial charge in [0.05, 0.1) is 23.8 Å². The topological polar surface area (TPSA) is 88.6 Å². The Morgan fingerprint density at radius 2 is 1.76 bits per heavy atom. The third-order valence-electron chi connectivity index (χ3n) is 6.84. The molecule has 5 aromatic rings. The molecule has 10 heteroatoms. The van der Waals surface area contributed by atoms with Crippen molar-refractivity contribution in [1.82, 2.24) is 14.9 Å². The summed E-state index contributed by atoms with van der Waals surface area (Å²) in [5.41, 5.74) is 3.70. The van der Waals surface area contributed by atoms with Gasteiger partial charge in [0.1, 0.15) is 29.5 Å². The third-order valence-corrected chi connectivity index (χ3v) is 7.13. The number of carbonyl (C=O) groups excluding carboxylic acids is 1. The van der Waals surface area contributed by atoms with Crippen LogP contribution in [0.5, 0.6) is 11.5 Å². The van der Waals surface area contributed by atoms with Crippen LogP contribution in [0.25, 0.3) is 10.9 Å². The highest BCUT2D eigenvalue weighted by molar-refractivity contribution is 6.32. The molecule has 2 heterocycles. The van der Waals surface area contributed by atoms with Gasteiger partial charge in [-0.25, -0.2) is 14.4 Å². The molecule has 1 amide bonds. The van der Waals surface area contributed by atoms with Gasteiger partial charge in [-0.15, -0.1) is 0 Å². The molecule has 6 rings (SSSR count). The molecule has 1 aromatic heterocycles. The quantitative estimate of drug-likeness (QED) is 0.202. The van der Waals surface area contributed by atoms with E-state index in [1.807, 2.05) is 36.4 Å². The number of amides is 1. The standard InChI is InChI=1S/C32H27ClFN5O3/c33-28-18-25(9-11-30(28)42-26-3-1-2-23(34)16-26)37-31-27-17-24(8-10-29(27)35-20-36-31)38-32(40)22-6-4-21(5-7-22)19-39-12-14-41-15-13-39/h1-11,16-18,20H,12-15,19H2,(H,38,40)(H,35,36,37).